The highest BCUT2D eigenvalue weighted by molar-refractivity contribution is 7.98. The molecule has 0 saturated carbocycles. The molecular weight excluding hydrogens is 244 g/mol. The quantitative estimate of drug-likeness (QED) is 0.900. The lowest BCUT2D eigenvalue weighted by Crippen LogP contribution is -2.11. The van der Waals surface area contributed by atoms with Crippen molar-refractivity contribution in [3.63, 3.8) is 0 Å². The highest BCUT2D eigenvalue weighted by Gasteiger charge is 2.13. The van der Waals surface area contributed by atoms with Crippen LogP contribution < -0.4 is 5.73 Å². The van der Waals surface area contributed by atoms with Crippen LogP contribution in [0.1, 0.15) is 19.4 Å². The van der Waals surface area contributed by atoms with Gasteiger partial charge in [0.2, 0.25) is 0 Å². The molecule has 0 amide bonds. The zero-order chi connectivity index (χ0) is 13.0. The Kier molecular flexibility index (Phi) is 4.25. The summed E-state index contributed by atoms with van der Waals surface area (Å²) in [5, 5.41) is 0. The van der Waals surface area contributed by atoms with Crippen molar-refractivity contribution in [2.45, 2.75) is 19.4 Å². The fraction of sp³-hybridized carbons (Fsp3) is 0.385. The van der Waals surface area contributed by atoms with Crippen LogP contribution in [0, 0.1) is 0 Å². The molecule has 0 saturated heterocycles. The van der Waals surface area contributed by atoms with E-state index in [0.29, 0.717) is 11.9 Å². The Labute approximate surface area is 112 Å². The van der Waals surface area contributed by atoms with Crippen LogP contribution in [0.2, 0.25) is 0 Å². The zero-order valence-electron chi connectivity index (χ0n) is 10.7. The van der Waals surface area contributed by atoms with E-state index >= 15 is 0 Å². The van der Waals surface area contributed by atoms with Gasteiger partial charge in [-0.3, -0.25) is 0 Å². The second-order valence-corrected chi connectivity index (χ2v) is 5.09. The molecular formula is C13H18N4S. The molecule has 2 N–H and O–H groups in total. The summed E-state index contributed by atoms with van der Waals surface area (Å²) < 4.78 is 2.23. The molecule has 18 heavy (non-hydrogen) atoms. The zero-order valence-corrected chi connectivity index (χ0v) is 11.5. The average Bonchev–Trinajstić information content (AvgIpc) is 2.86. The summed E-state index contributed by atoms with van der Waals surface area (Å²) in [5.74, 6) is 1.63. The van der Waals surface area contributed by atoms with Crippen LogP contribution in [-0.2, 0) is 0 Å². The Morgan fingerprint density at radius 2 is 2.22 bits per heavy atom. The number of rotatable bonds is 5. The van der Waals surface area contributed by atoms with E-state index in [4.69, 9.17) is 5.73 Å². The van der Waals surface area contributed by atoms with E-state index in [1.165, 1.54) is 0 Å². The van der Waals surface area contributed by atoms with Gasteiger partial charge in [-0.05, 0) is 24.8 Å². The number of pyridine rings is 1. The van der Waals surface area contributed by atoms with E-state index in [9.17, 15) is 0 Å². The van der Waals surface area contributed by atoms with Crippen molar-refractivity contribution in [3.05, 3.63) is 30.9 Å². The number of thioether (sulfide) groups is 1. The maximum atomic E-state index is 5.61. The molecule has 5 heteroatoms. The Morgan fingerprint density at radius 1 is 1.39 bits per heavy atom. The van der Waals surface area contributed by atoms with Gasteiger partial charge in [0.15, 0.2) is 0 Å². The SMILES string of the molecule is CCC(CSC)n1cncc1-c1ccc(N)nc1. The fourth-order valence-electron chi connectivity index (χ4n) is 1.96. The third-order valence-electron chi connectivity index (χ3n) is 2.97. The lowest BCUT2D eigenvalue weighted by atomic mass is 10.2. The van der Waals surface area contributed by atoms with Crippen LogP contribution in [0.3, 0.4) is 0 Å². The van der Waals surface area contributed by atoms with E-state index in [1.807, 2.05) is 36.4 Å². The van der Waals surface area contributed by atoms with Crippen molar-refractivity contribution < 1.29 is 0 Å². The summed E-state index contributed by atoms with van der Waals surface area (Å²) in [6.45, 7) is 2.20. The number of hydrogen-bond donors (Lipinski definition) is 1. The summed E-state index contributed by atoms with van der Waals surface area (Å²) in [6, 6.07) is 4.28. The van der Waals surface area contributed by atoms with E-state index < -0.39 is 0 Å². The van der Waals surface area contributed by atoms with Crippen molar-refractivity contribution in [2.75, 3.05) is 17.7 Å². The molecule has 0 aromatic carbocycles. The molecule has 0 aliphatic rings. The van der Waals surface area contributed by atoms with Crippen LogP contribution in [-0.4, -0.2) is 26.5 Å². The molecule has 1 atom stereocenters. The van der Waals surface area contributed by atoms with E-state index in [2.05, 4.69) is 27.7 Å². The van der Waals surface area contributed by atoms with Gasteiger partial charge in [0, 0.05) is 23.6 Å². The highest BCUT2D eigenvalue weighted by Crippen LogP contribution is 2.25. The Bertz CT molecular complexity index is 492. The van der Waals surface area contributed by atoms with Gasteiger partial charge in [0.1, 0.15) is 5.82 Å². The standard InChI is InChI=1S/C13H18N4S/c1-3-11(8-18-2)17-9-15-7-12(17)10-4-5-13(14)16-6-10/h4-7,9,11H,3,8H2,1-2H3,(H2,14,16). The monoisotopic (exact) mass is 262 g/mol. The average molecular weight is 262 g/mol. The van der Waals surface area contributed by atoms with Gasteiger partial charge in [0.05, 0.1) is 18.2 Å². The second-order valence-electron chi connectivity index (χ2n) is 4.18. The van der Waals surface area contributed by atoms with Crippen molar-refractivity contribution >= 4 is 17.6 Å². The van der Waals surface area contributed by atoms with E-state index in [0.717, 1.165) is 23.4 Å². The number of hydrogen-bond acceptors (Lipinski definition) is 4. The first-order valence-electron chi connectivity index (χ1n) is 5.99. The lowest BCUT2D eigenvalue weighted by molar-refractivity contribution is 0.544. The van der Waals surface area contributed by atoms with Gasteiger partial charge in [0.25, 0.3) is 0 Å². The Hall–Kier alpha value is -1.49. The third-order valence-corrected chi connectivity index (χ3v) is 3.69. The lowest BCUT2D eigenvalue weighted by Gasteiger charge is -2.18. The molecule has 4 nitrogen and oxygen atoms in total. The fourth-order valence-corrected chi connectivity index (χ4v) is 2.74. The summed E-state index contributed by atoms with van der Waals surface area (Å²) in [4.78, 5) is 8.41. The van der Waals surface area contributed by atoms with E-state index in [-0.39, 0.29) is 0 Å². The number of aromatic nitrogens is 3. The van der Waals surface area contributed by atoms with Gasteiger partial charge in [-0.2, -0.15) is 11.8 Å². The smallest absolute Gasteiger partial charge is 0.123 e. The normalized spacial score (nSPS) is 12.6. The first-order valence-corrected chi connectivity index (χ1v) is 7.38. The molecule has 0 fully saturated rings. The minimum absolute atomic E-state index is 0.468. The maximum Gasteiger partial charge on any atom is 0.123 e. The molecule has 0 bridgehead atoms. The highest BCUT2D eigenvalue weighted by atomic mass is 32.2. The molecule has 2 heterocycles. The molecule has 0 aliphatic carbocycles. The van der Waals surface area contributed by atoms with Crippen molar-refractivity contribution in [1.29, 1.82) is 0 Å². The molecule has 0 radical (unpaired) electrons. The maximum absolute atomic E-state index is 5.61. The van der Waals surface area contributed by atoms with Crippen LogP contribution in [0.5, 0.6) is 0 Å². The summed E-state index contributed by atoms with van der Waals surface area (Å²) >= 11 is 1.85. The summed E-state index contributed by atoms with van der Waals surface area (Å²) in [6.07, 6.45) is 8.80. The molecule has 0 spiro atoms. The second kappa shape index (κ2) is 5.91. The molecule has 0 aliphatic heterocycles. The van der Waals surface area contributed by atoms with Gasteiger partial charge in [-0.25, -0.2) is 9.97 Å². The van der Waals surface area contributed by atoms with Crippen molar-refractivity contribution in [2.24, 2.45) is 0 Å². The molecule has 2 aromatic heterocycles. The topological polar surface area (TPSA) is 56.7 Å². The third kappa shape index (κ3) is 2.67. The Morgan fingerprint density at radius 3 is 2.83 bits per heavy atom. The van der Waals surface area contributed by atoms with Crippen molar-refractivity contribution in [1.82, 2.24) is 14.5 Å². The molecule has 2 rings (SSSR count). The van der Waals surface area contributed by atoms with E-state index in [1.54, 1.807) is 6.20 Å². The van der Waals surface area contributed by atoms with Crippen LogP contribution in [0.4, 0.5) is 5.82 Å². The molecule has 1 unspecified atom stereocenters. The number of anilines is 1. The largest absolute Gasteiger partial charge is 0.384 e. The summed E-state index contributed by atoms with van der Waals surface area (Å²) in [5.41, 5.74) is 7.77. The van der Waals surface area contributed by atoms with Crippen LogP contribution in [0.25, 0.3) is 11.3 Å². The molecule has 96 valence electrons. The number of imidazole rings is 1. The Balaban J connectivity index is 2.34. The number of nitrogen functional groups attached to an aromatic ring is 1. The van der Waals surface area contributed by atoms with Crippen LogP contribution in [0.15, 0.2) is 30.9 Å². The number of nitrogens with two attached hydrogens (primary N) is 1. The van der Waals surface area contributed by atoms with Crippen LogP contribution >= 0.6 is 11.8 Å². The van der Waals surface area contributed by atoms with Gasteiger partial charge in [-0.1, -0.05) is 6.92 Å². The number of nitrogens with zero attached hydrogens (tertiary/aromatic N) is 3. The first-order chi connectivity index (χ1) is 8.76. The predicted octanol–water partition coefficient (Wildman–Crippen LogP) is 2.84. The first kappa shape index (κ1) is 13.0. The molecule has 2 aromatic rings. The summed E-state index contributed by atoms with van der Waals surface area (Å²) in [7, 11) is 0. The van der Waals surface area contributed by atoms with Gasteiger partial charge < -0.3 is 10.3 Å². The van der Waals surface area contributed by atoms with Gasteiger partial charge in [-0.15, -0.1) is 0 Å². The minimum Gasteiger partial charge on any atom is -0.384 e. The minimum atomic E-state index is 0.468. The predicted molar refractivity (Wildman–Crippen MR) is 77.6 cm³/mol. The van der Waals surface area contributed by atoms with Crippen molar-refractivity contribution in [3.8, 4) is 11.3 Å². The van der Waals surface area contributed by atoms with Gasteiger partial charge >= 0.3 is 0 Å².